The number of hydrogen-bond acceptors (Lipinski definition) is 7. The van der Waals surface area contributed by atoms with E-state index in [0.717, 1.165) is 24.5 Å². The smallest absolute Gasteiger partial charge is 0.413 e. The quantitative estimate of drug-likeness (QED) is 0.862. The van der Waals surface area contributed by atoms with Gasteiger partial charge in [0.15, 0.2) is 23.1 Å². The van der Waals surface area contributed by atoms with E-state index in [1.807, 2.05) is 18.2 Å². The van der Waals surface area contributed by atoms with Gasteiger partial charge in [-0.05, 0) is 62.6 Å². The molecule has 8 nitrogen and oxygen atoms in total. The summed E-state index contributed by atoms with van der Waals surface area (Å²) in [5.41, 5.74) is 1.84. The van der Waals surface area contributed by atoms with Crippen LogP contribution in [-0.2, 0) is 17.7 Å². The first-order valence-electron chi connectivity index (χ1n) is 9.11. The van der Waals surface area contributed by atoms with Crippen molar-refractivity contribution in [1.82, 2.24) is 10.2 Å². The van der Waals surface area contributed by atoms with E-state index in [9.17, 15) is 4.79 Å². The zero-order chi connectivity index (χ0) is 20.3. The number of nitrogens with zero attached hydrogens (tertiary/aromatic N) is 3. The number of aromatic nitrogens is 2. The molecule has 1 N–H and O–H groups in total. The number of methoxy groups -OCH3 is 2. The molecule has 0 unspecified atom stereocenters. The van der Waals surface area contributed by atoms with Crippen molar-refractivity contribution in [2.24, 2.45) is 0 Å². The molecule has 3 rings (SSSR count). The molecule has 150 valence electrons. The topological polar surface area (TPSA) is 85.8 Å². The number of fused-ring (bicyclic) bond motifs is 1. The van der Waals surface area contributed by atoms with E-state index in [4.69, 9.17) is 14.2 Å². The molecule has 1 amide bonds. The van der Waals surface area contributed by atoms with E-state index in [1.165, 1.54) is 11.1 Å². The second-order valence-corrected chi connectivity index (χ2v) is 7.55. The third-order valence-corrected chi connectivity index (χ3v) is 4.32. The Labute approximate surface area is 164 Å². The lowest BCUT2D eigenvalue weighted by molar-refractivity contribution is 0.0635. The van der Waals surface area contributed by atoms with E-state index >= 15 is 0 Å². The molecule has 1 aliphatic heterocycles. The minimum atomic E-state index is -0.567. The minimum absolute atomic E-state index is 0.349. The van der Waals surface area contributed by atoms with Crippen LogP contribution in [0.15, 0.2) is 24.3 Å². The van der Waals surface area contributed by atoms with Crippen molar-refractivity contribution in [3.05, 3.63) is 35.4 Å². The Morgan fingerprint density at radius 1 is 1.07 bits per heavy atom. The highest BCUT2D eigenvalue weighted by Crippen LogP contribution is 2.34. The maximum absolute atomic E-state index is 11.8. The third-order valence-electron chi connectivity index (χ3n) is 4.32. The van der Waals surface area contributed by atoms with Crippen LogP contribution >= 0.6 is 0 Å². The van der Waals surface area contributed by atoms with Crippen LogP contribution in [0.3, 0.4) is 0 Å². The highest BCUT2D eigenvalue weighted by molar-refractivity contribution is 5.83. The van der Waals surface area contributed by atoms with Crippen LogP contribution in [-0.4, -0.2) is 42.7 Å². The minimum Gasteiger partial charge on any atom is -0.493 e. The Bertz CT molecular complexity index is 847. The summed E-state index contributed by atoms with van der Waals surface area (Å²) in [5.74, 6) is 2.55. The van der Waals surface area contributed by atoms with Crippen LogP contribution in [0.5, 0.6) is 11.5 Å². The molecule has 0 atom stereocenters. The molecule has 2 heterocycles. The largest absolute Gasteiger partial charge is 0.493 e. The summed E-state index contributed by atoms with van der Waals surface area (Å²) in [5, 5.41) is 10.9. The molecule has 2 aromatic rings. The molecule has 1 aliphatic rings. The van der Waals surface area contributed by atoms with Crippen molar-refractivity contribution in [1.29, 1.82) is 0 Å². The number of amides is 1. The fraction of sp³-hybridized carbons (Fsp3) is 0.450. The number of anilines is 2. The number of rotatable bonds is 4. The summed E-state index contributed by atoms with van der Waals surface area (Å²) < 4.78 is 16.0. The van der Waals surface area contributed by atoms with Crippen LogP contribution in [0.2, 0.25) is 0 Å². The van der Waals surface area contributed by atoms with E-state index in [1.54, 1.807) is 41.1 Å². The van der Waals surface area contributed by atoms with E-state index in [2.05, 4.69) is 20.4 Å². The number of ether oxygens (including phenoxy) is 3. The SMILES string of the molecule is COc1cc2c(cc1OC)CN(c1ccc(NC(=O)OC(C)(C)C)nn1)CC2. The van der Waals surface area contributed by atoms with Crippen LogP contribution < -0.4 is 19.7 Å². The van der Waals surface area contributed by atoms with Crippen LogP contribution in [0, 0.1) is 0 Å². The van der Waals surface area contributed by atoms with E-state index in [0.29, 0.717) is 18.1 Å². The molecule has 28 heavy (non-hydrogen) atoms. The average molecular weight is 386 g/mol. The first-order valence-corrected chi connectivity index (χ1v) is 9.11. The fourth-order valence-electron chi connectivity index (χ4n) is 3.05. The van der Waals surface area contributed by atoms with Gasteiger partial charge in [-0.15, -0.1) is 10.2 Å². The van der Waals surface area contributed by atoms with Crippen molar-refractivity contribution in [2.75, 3.05) is 31.0 Å². The number of benzene rings is 1. The highest BCUT2D eigenvalue weighted by Gasteiger charge is 2.21. The van der Waals surface area contributed by atoms with Crippen molar-refractivity contribution in [3.8, 4) is 11.5 Å². The maximum Gasteiger partial charge on any atom is 0.413 e. The summed E-state index contributed by atoms with van der Waals surface area (Å²) in [4.78, 5) is 14.0. The van der Waals surface area contributed by atoms with E-state index < -0.39 is 11.7 Å². The lowest BCUT2D eigenvalue weighted by atomic mass is 9.99. The number of carbonyl (C=O) groups is 1. The van der Waals surface area contributed by atoms with Crippen molar-refractivity contribution < 1.29 is 19.0 Å². The molecule has 1 aromatic carbocycles. The van der Waals surface area contributed by atoms with Crippen molar-refractivity contribution >= 4 is 17.7 Å². The molecule has 0 saturated heterocycles. The molecule has 0 fully saturated rings. The standard InChI is InChI=1S/C20H26N4O4/c1-20(2,3)28-19(25)21-17-6-7-18(23-22-17)24-9-8-13-10-15(26-4)16(27-5)11-14(13)12-24/h6-7,10-11H,8-9,12H2,1-5H3,(H,21,22,25). The number of hydrogen-bond donors (Lipinski definition) is 1. The average Bonchev–Trinajstić information content (AvgIpc) is 2.65. The maximum atomic E-state index is 11.8. The second kappa shape index (κ2) is 7.92. The molecule has 0 aliphatic carbocycles. The van der Waals surface area contributed by atoms with Gasteiger partial charge in [0.05, 0.1) is 14.2 Å². The zero-order valence-corrected chi connectivity index (χ0v) is 16.9. The highest BCUT2D eigenvalue weighted by atomic mass is 16.6. The van der Waals surface area contributed by atoms with Gasteiger partial charge in [0, 0.05) is 13.1 Å². The van der Waals surface area contributed by atoms with Gasteiger partial charge < -0.3 is 19.1 Å². The van der Waals surface area contributed by atoms with Gasteiger partial charge in [0.1, 0.15) is 5.60 Å². The van der Waals surface area contributed by atoms with Gasteiger partial charge >= 0.3 is 6.09 Å². The Morgan fingerprint density at radius 3 is 2.32 bits per heavy atom. The summed E-state index contributed by atoms with van der Waals surface area (Å²) >= 11 is 0. The fourth-order valence-corrected chi connectivity index (χ4v) is 3.05. The summed E-state index contributed by atoms with van der Waals surface area (Å²) in [6.45, 7) is 6.93. The molecular weight excluding hydrogens is 360 g/mol. The second-order valence-electron chi connectivity index (χ2n) is 7.55. The Morgan fingerprint density at radius 2 is 1.75 bits per heavy atom. The monoisotopic (exact) mass is 386 g/mol. The Balaban J connectivity index is 1.69. The van der Waals surface area contributed by atoms with Gasteiger partial charge in [-0.2, -0.15) is 0 Å². The molecule has 1 aromatic heterocycles. The van der Waals surface area contributed by atoms with Gasteiger partial charge in [-0.25, -0.2) is 4.79 Å². The molecule has 0 spiro atoms. The molecule has 0 radical (unpaired) electrons. The van der Waals surface area contributed by atoms with Gasteiger partial charge in [-0.3, -0.25) is 5.32 Å². The van der Waals surface area contributed by atoms with Crippen LogP contribution in [0.1, 0.15) is 31.9 Å². The van der Waals surface area contributed by atoms with Gasteiger partial charge in [0.2, 0.25) is 0 Å². The number of carbonyl (C=O) groups excluding carboxylic acids is 1. The van der Waals surface area contributed by atoms with Crippen molar-refractivity contribution in [3.63, 3.8) is 0 Å². The van der Waals surface area contributed by atoms with Gasteiger partial charge in [-0.1, -0.05) is 0 Å². The Hall–Kier alpha value is -3.03. The summed E-state index contributed by atoms with van der Waals surface area (Å²) in [6.07, 6.45) is 0.317. The Kier molecular flexibility index (Phi) is 5.58. The van der Waals surface area contributed by atoms with Crippen LogP contribution in [0.25, 0.3) is 0 Å². The van der Waals surface area contributed by atoms with Gasteiger partial charge in [0.25, 0.3) is 0 Å². The third kappa shape index (κ3) is 4.62. The lowest BCUT2D eigenvalue weighted by Crippen LogP contribution is -2.31. The molecule has 0 bridgehead atoms. The molecule has 8 heteroatoms. The predicted molar refractivity (Wildman–Crippen MR) is 106 cm³/mol. The van der Waals surface area contributed by atoms with Crippen molar-refractivity contribution in [2.45, 2.75) is 39.3 Å². The summed E-state index contributed by atoms with van der Waals surface area (Å²) in [7, 11) is 3.27. The van der Waals surface area contributed by atoms with Crippen LogP contribution in [0.4, 0.5) is 16.4 Å². The predicted octanol–water partition coefficient (Wildman–Crippen LogP) is 3.40. The molecular formula is C20H26N4O4. The molecule has 0 saturated carbocycles. The normalized spacial score (nSPS) is 13.5. The first-order chi connectivity index (χ1) is 13.3. The lowest BCUT2D eigenvalue weighted by Gasteiger charge is -2.30. The number of nitrogens with one attached hydrogen (secondary N) is 1. The summed E-state index contributed by atoms with van der Waals surface area (Å²) in [6, 6.07) is 7.60. The van der Waals surface area contributed by atoms with E-state index in [-0.39, 0.29) is 0 Å². The first kappa shape index (κ1) is 19.7. The zero-order valence-electron chi connectivity index (χ0n) is 16.9.